The van der Waals surface area contributed by atoms with E-state index in [1.807, 2.05) is 30.9 Å². The fourth-order valence-corrected chi connectivity index (χ4v) is 3.25. The fraction of sp³-hybridized carbons (Fsp3) is 0.579. The topological polar surface area (TPSA) is 111 Å². The molecule has 0 bridgehead atoms. The molecule has 1 aliphatic rings. The van der Waals surface area contributed by atoms with Crippen LogP contribution >= 0.6 is 0 Å². The molecule has 2 amide bonds. The minimum absolute atomic E-state index is 0.0312. The zero-order chi connectivity index (χ0) is 20.0. The highest BCUT2D eigenvalue weighted by Crippen LogP contribution is 2.26. The van der Waals surface area contributed by atoms with Crippen LogP contribution in [-0.4, -0.2) is 72.4 Å². The van der Waals surface area contributed by atoms with Crippen LogP contribution in [0.4, 0.5) is 0 Å². The standard InChI is InChI=1S/C19H29N3O5/c1-12-13(2)17(27-3)5-4-14(12)9-22-7-6-20-19(26)16(22)8-18(25)21-15(10-23)11-24/h4-5,15-16,23-24H,6-11H2,1-3H3,(H,20,26)(H,21,25)/t16-/m1/s1. The Morgan fingerprint density at radius 2 is 2.04 bits per heavy atom. The summed E-state index contributed by atoms with van der Waals surface area (Å²) in [7, 11) is 1.64. The molecule has 0 radical (unpaired) electrons. The van der Waals surface area contributed by atoms with Crippen LogP contribution in [0.2, 0.25) is 0 Å². The summed E-state index contributed by atoms with van der Waals surface area (Å²) < 4.78 is 5.35. The number of rotatable bonds is 8. The molecule has 0 unspecified atom stereocenters. The molecule has 0 aromatic heterocycles. The first kappa shape index (κ1) is 21.1. The number of carbonyl (C=O) groups is 2. The van der Waals surface area contributed by atoms with E-state index in [0.717, 1.165) is 22.4 Å². The zero-order valence-corrected chi connectivity index (χ0v) is 16.1. The maximum Gasteiger partial charge on any atom is 0.237 e. The van der Waals surface area contributed by atoms with E-state index in [1.165, 1.54) is 0 Å². The Balaban J connectivity index is 2.13. The van der Waals surface area contributed by atoms with Gasteiger partial charge in [-0.25, -0.2) is 0 Å². The summed E-state index contributed by atoms with van der Waals surface area (Å²) >= 11 is 0. The number of hydrogen-bond acceptors (Lipinski definition) is 6. The third-order valence-electron chi connectivity index (χ3n) is 5.07. The van der Waals surface area contributed by atoms with Gasteiger partial charge in [-0.05, 0) is 36.6 Å². The van der Waals surface area contributed by atoms with E-state index in [1.54, 1.807) is 7.11 Å². The number of aliphatic hydroxyl groups excluding tert-OH is 2. The van der Waals surface area contributed by atoms with Gasteiger partial charge in [0.05, 0.1) is 38.8 Å². The molecule has 2 rings (SSSR count). The molecular formula is C19H29N3O5. The van der Waals surface area contributed by atoms with Gasteiger partial charge in [0.15, 0.2) is 0 Å². The third-order valence-corrected chi connectivity index (χ3v) is 5.07. The summed E-state index contributed by atoms with van der Waals surface area (Å²) in [6.07, 6.45) is -0.0312. The molecule has 0 aliphatic carbocycles. The Morgan fingerprint density at radius 3 is 2.67 bits per heavy atom. The molecule has 4 N–H and O–H groups in total. The normalized spacial score (nSPS) is 17.7. The van der Waals surface area contributed by atoms with Gasteiger partial charge in [0.1, 0.15) is 5.75 Å². The molecule has 1 aromatic rings. The quantitative estimate of drug-likeness (QED) is 0.483. The lowest BCUT2D eigenvalue weighted by atomic mass is 10.00. The Kier molecular flexibility index (Phi) is 7.58. The molecule has 27 heavy (non-hydrogen) atoms. The number of aliphatic hydroxyl groups is 2. The predicted molar refractivity (Wildman–Crippen MR) is 100 cm³/mol. The summed E-state index contributed by atoms with van der Waals surface area (Å²) in [5, 5.41) is 23.5. The maximum absolute atomic E-state index is 12.4. The summed E-state index contributed by atoms with van der Waals surface area (Å²) in [5.74, 6) is 0.254. The lowest BCUT2D eigenvalue weighted by Crippen LogP contribution is -2.56. The minimum atomic E-state index is -0.718. The number of nitrogens with one attached hydrogen (secondary N) is 2. The van der Waals surface area contributed by atoms with Crippen molar-refractivity contribution in [1.82, 2.24) is 15.5 Å². The van der Waals surface area contributed by atoms with E-state index in [-0.39, 0.29) is 31.4 Å². The number of benzene rings is 1. The highest BCUT2D eigenvalue weighted by molar-refractivity contribution is 5.88. The molecule has 1 saturated heterocycles. The Hall–Kier alpha value is -2.16. The van der Waals surface area contributed by atoms with E-state index in [0.29, 0.717) is 19.6 Å². The Labute approximate surface area is 159 Å². The van der Waals surface area contributed by atoms with Crippen LogP contribution < -0.4 is 15.4 Å². The van der Waals surface area contributed by atoms with Crippen molar-refractivity contribution in [3.63, 3.8) is 0 Å². The number of carbonyl (C=O) groups excluding carboxylic acids is 2. The van der Waals surface area contributed by atoms with Crippen molar-refractivity contribution in [3.8, 4) is 5.75 Å². The lowest BCUT2D eigenvalue weighted by Gasteiger charge is -2.35. The van der Waals surface area contributed by atoms with Gasteiger partial charge >= 0.3 is 0 Å². The van der Waals surface area contributed by atoms with Gasteiger partial charge in [-0.3, -0.25) is 14.5 Å². The smallest absolute Gasteiger partial charge is 0.237 e. The van der Waals surface area contributed by atoms with Crippen molar-refractivity contribution in [2.75, 3.05) is 33.4 Å². The van der Waals surface area contributed by atoms with Crippen molar-refractivity contribution < 1.29 is 24.5 Å². The predicted octanol–water partition coefficient (Wildman–Crippen LogP) is -0.528. The Bertz CT molecular complexity index is 676. The SMILES string of the molecule is COc1ccc(CN2CCNC(=O)[C@H]2CC(=O)NC(CO)CO)c(C)c1C. The van der Waals surface area contributed by atoms with Crippen molar-refractivity contribution >= 4 is 11.8 Å². The second-order valence-corrected chi connectivity index (χ2v) is 6.79. The van der Waals surface area contributed by atoms with Gasteiger partial charge in [0, 0.05) is 19.6 Å². The summed E-state index contributed by atoms with van der Waals surface area (Å²) in [4.78, 5) is 26.6. The molecule has 1 heterocycles. The minimum Gasteiger partial charge on any atom is -0.496 e. The molecule has 8 nitrogen and oxygen atoms in total. The Morgan fingerprint density at radius 1 is 1.33 bits per heavy atom. The lowest BCUT2D eigenvalue weighted by molar-refractivity contribution is -0.134. The van der Waals surface area contributed by atoms with Crippen molar-refractivity contribution in [2.45, 2.75) is 38.9 Å². The molecule has 1 aromatic carbocycles. The van der Waals surface area contributed by atoms with Gasteiger partial charge in [-0.2, -0.15) is 0 Å². The number of nitrogens with zero attached hydrogens (tertiary/aromatic N) is 1. The van der Waals surface area contributed by atoms with Crippen molar-refractivity contribution in [1.29, 1.82) is 0 Å². The average Bonchev–Trinajstić information content (AvgIpc) is 2.66. The zero-order valence-electron chi connectivity index (χ0n) is 16.1. The number of amides is 2. The highest BCUT2D eigenvalue weighted by atomic mass is 16.5. The summed E-state index contributed by atoms with van der Waals surface area (Å²) in [6, 6.07) is 2.58. The molecule has 1 fully saturated rings. The van der Waals surface area contributed by atoms with Crippen LogP contribution in [-0.2, 0) is 16.1 Å². The second kappa shape index (κ2) is 9.68. The highest BCUT2D eigenvalue weighted by Gasteiger charge is 2.32. The van der Waals surface area contributed by atoms with E-state index in [9.17, 15) is 9.59 Å². The fourth-order valence-electron chi connectivity index (χ4n) is 3.25. The van der Waals surface area contributed by atoms with Gasteiger partial charge in [-0.1, -0.05) is 6.07 Å². The molecular weight excluding hydrogens is 350 g/mol. The molecule has 0 saturated carbocycles. The van der Waals surface area contributed by atoms with E-state index in [4.69, 9.17) is 14.9 Å². The first-order valence-electron chi connectivity index (χ1n) is 9.07. The number of ether oxygens (including phenoxy) is 1. The number of methoxy groups -OCH3 is 1. The first-order chi connectivity index (χ1) is 12.9. The van der Waals surface area contributed by atoms with Crippen LogP contribution in [0.15, 0.2) is 12.1 Å². The first-order valence-corrected chi connectivity index (χ1v) is 9.07. The maximum atomic E-state index is 12.4. The van der Waals surface area contributed by atoms with Crippen LogP contribution in [0.25, 0.3) is 0 Å². The van der Waals surface area contributed by atoms with Gasteiger partial charge in [0.25, 0.3) is 0 Å². The average molecular weight is 379 g/mol. The van der Waals surface area contributed by atoms with Gasteiger partial charge in [0.2, 0.25) is 11.8 Å². The second-order valence-electron chi connectivity index (χ2n) is 6.79. The molecule has 1 atom stereocenters. The van der Waals surface area contributed by atoms with E-state index >= 15 is 0 Å². The van der Waals surface area contributed by atoms with Crippen molar-refractivity contribution in [3.05, 3.63) is 28.8 Å². The number of piperazine rings is 1. The van der Waals surface area contributed by atoms with E-state index < -0.39 is 12.1 Å². The van der Waals surface area contributed by atoms with Gasteiger partial charge in [-0.15, -0.1) is 0 Å². The third kappa shape index (κ3) is 5.18. The van der Waals surface area contributed by atoms with Crippen LogP contribution in [0.1, 0.15) is 23.1 Å². The molecule has 150 valence electrons. The molecule has 0 spiro atoms. The van der Waals surface area contributed by atoms with Crippen LogP contribution in [0.3, 0.4) is 0 Å². The molecule has 1 aliphatic heterocycles. The van der Waals surface area contributed by atoms with Crippen LogP contribution in [0, 0.1) is 13.8 Å². The van der Waals surface area contributed by atoms with Crippen molar-refractivity contribution in [2.24, 2.45) is 0 Å². The largest absolute Gasteiger partial charge is 0.496 e. The van der Waals surface area contributed by atoms with Crippen LogP contribution in [0.5, 0.6) is 5.75 Å². The van der Waals surface area contributed by atoms with E-state index in [2.05, 4.69) is 10.6 Å². The monoisotopic (exact) mass is 379 g/mol. The molecule has 8 heteroatoms. The summed E-state index contributed by atoms with van der Waals surface area (Å²) in [5.41, 5.74) is 3.24. The number of hydrogen-bond donors (Lipinski definition) is 4. The summed E-state index contributed by atoms with van der Waals surface area (Å²) in [6.45, 7) is 5.02. The van der Waals surface area contributed by atoms with Gasteiger partial charge < -0.3 is 25.6 Å².